The minimum atomic E-state index is -4.56. The summed E-state index contributed by atoms with van der Waals surface area (Å²) < 4.78 is 49.1. The number of anilines is 1. The summed E-state index contributed by atoms with van der Waals surface area (Å²) in [5.74, 6) is 0.570. The predicted molar refractivity (Wildman–Crippen MR) is 96.1 cm³/mol. The molecule has 0 radical (unpaired) electrons. The van der Waals surface area contributed by atoms with E-state index in [-0.39, 0.29) is 17.8 Å². The maximum Gasteiger partial charge on any atom is 0.433 e. The van der Waals surface area contributed by atoms with Gasteiger partial charge >= 0.3 is 6.18 Å². The lowest BCUT2D eigenvalue weighted by atomic mass is 10.1. The second kappa shape index (κ2) is 8.41. The van der Waals surface area contributed by atoms with Gasteiger partial charge in [0.05, 0.1) is 25.5 Å². The van der Waals surface area contributed by atoms with Crippen LogP contribution < -0.4 is 14.8 Å². The van der Waals surface area contributed by atoms with E-state index in [4.69, 9.17) is 9.47 Å². The molecule has 0 aromatic carbocycles. The molecule has 2 heterocycles. The minimum absolute atomic E-state index is 0.176. The van der Waals surface area contributed by atoms with Crippen LogP contribution in [-0.2, 0) is 6.18 Å². The molecule has 0 fully saturated rings. The highest BCUT2D eigenvalue weighted by molar-refractivity contribution is 5.69. The fraction of sp³-hybridized carbons (Fsp3) is 0.500. The van der Waals surface area contributed by atoms with Crippen LogP contribution in [0.25, 0.3) is 11.3 Å². The molecule has 2 aromatic heterocycles. The first-order valence-corrected chi connectivity index (χ1v) is 8.56. The van der Waals surface area contributed by atoms with Crippen LogP contribution in [0.5, 0.6) is 11.8 Å². The third kappa shape index (κ3) is 4.58. The fourth-order valence-electron chi connectivity index (χ4n) is 2.62. The molecule has 0 aliphatic carbocycles. The molecule has 6 nitrogen and oxygen atoms in total. The van der Waals surface area contributed by atoms with Gasteiger partial charge in [0.15, 0.2) is 5.82 Å². The number of aryl methyl sites for hydroxylation is 1. The number of pyridine rings is 1. The van der Waals surface area contributed by atoms with Gasteiger partial charge in [-0.15, -0.1) is 0 Å². The molecule has 2 rings (SSSR count). The van der Waals surface area contributed by atoms with E-state index in [2.05, 4.69) is 34.1 Å². The van der Waals surface area contributed by atoms with E-state index in [1.807, 2.05) is 0 Å². The average Bonchev–Trinajstić information content (AvgIpc) is 2.65. The number of methoxy groups -OCH3 is 2. The molecule has 0 aliphatic rings. The van der Waals surface area contributed by atoms with Crippen molar-refractivity contribution in [3.05, 3.63) is 23.5 Å². The van der Waals surface area contributed by atoms with E-state index in [1.54, 1.807) is 6.92 Å². The van der Waals surface area contributed by atoms with Crippen molar-refractivity contribution in [1.29, 1.82) is 0 Å². The maximum atomic E-state index is 12.9. The Kier molecular flexibility index (Phi) is 6.45. The van der Waals surface area contributed by atoms with E-state index in [0.29, 0.717) is 22.8 Å². The number of nitrogens with one attached hydrogen (secondary N) is 1. The van der Waals surface area contributed by atoms with Gasteiger partial charge in [-0.1, -0.05) is 13.8 Å². The molecule has 1 N–H and O–H groups in total. The third-order valence-electron chi connectivity index (χ3n) is 4.16. The number of halogens is 3. The second-order valence-electron chi connectivity index (χ2n) is 5.92. The number of nitrogens with zero attached hydrogens (tertiary/aromatic N) is 3. The average molecular weight is 384 g/mol. The Labute approximate surface area is 156 Å². The Morgan fingerprint density at radius 1 is 1.00 bits per heavy atom. The van der Waals surface area contributed by atoms with Gasteiger partial charge in [0, 0.05) is 6.04 Å². The number of aromatic nitrogens is 3. The van der Waals surface area contributed by atoms with Crippen LogP contribution in [0.3, 0.4) is 0 Å². The molecule has 27 heavy (non-hydrogen) atoms. The Morgan fingerprint density at radius 2 is 1.63 bits per heavy atom. The van der Waals surface area contributed by atoms with Gasteiger partial charge < -0.3 is 14.8 Å². The van der Waals surface area contributed by atoms with Crippen LogP contribution in [0.1, 0.15) is 38.1 Å². The third-order valence-corrected chi connectivity index (χ3v) is 4.16. The summed E-state index contributed by atoms with van der Waals surface area (Å²) in [6.45, 7) is 5.83. The Morgan fingerprint density at radius 3 is 2.15 bits per heavy atom. The van der Waals surface area contributed by atoms with Gasteiger partial charge in [0.1, 0.15) is 11.4 Å². The van der Waals surface area contributed by atoms with Gasteiger partial charge in [-0.3, -0.25) is 0 Å². The first-order chi connectivity index (χ1) is 12.7. The maximum absolute atomic E-state index is 12.9. The van der Waals surface area contributed by atoms with Gasteiger partial charge in [-0.2, -0.15) is 13.2 Å². The van der Waals surface area contributed by atoms with Crippen molar-refractivity contribution in [2.24, 2.45) is 0 Å². The molecule has 0 atom stereocenters. The highest BCUT2D eigenvalue weighted by Gasteiger charge is 2.33. The molecule has 0 saturated heterocycles. The van der Waals surface area contributed by atoms with E-state index < -0.39 is 11.9 Å². The van der Waals surface area contributed by atoms with E-state index in [0.717, 1.165) is 18.9 Å². The summed E-state index contributed by atoms with van der Waals surface area (Å²) in [7, 11) is 2.72. The van der Waals surface area contributed by atoms with Crippen LogP contribution in [-0.4, -0.2) is 35.2 Å². The summed E-state index contributed by atoms with van der Waals surface area (Å²) in [6, 6.07) is 2.38. The van der Waals surface area contributed by atoms with Crippen molar-refractivity contribution in [1.82, 2.24) is 15.0 Å². The Bertz CT molecular complexity index is 793. The van der Waals surface area contributed by atoms with Crippen molar-refractivity contribution >= 4 is 5.82 Å². The highest BCUT2D eigenvalue weighted by Crippen LogP contribution is 2.36. The summed E-state index contributed by atoms with van der Waals surface area (Å²) >= 11 is 0. The van der Waals surface area contributed by atoms with Gasteiger partial charge in [0.25, 0.3) is 5.88 Å². The molecule has 148 valence electrons. The summed E-state index contributed by atoms with van der Waals surface area (Å²) in [5, 5.41) is 3.28. The molecule has 9 heteroatoms. The van der Waals surface area contributed by atoms with Crippen molar-refractivity contribution in [3.8, 4) is 23.0 Å². The molecule has 0 aliphatic heterocycles. The van der Waals surface area contributed by atoms with E-state index in [9.17, 15) is 13.2 Å². The zero-order valence-corrected chi connectivity index (χ0v) is 15.9. The number of hydrogen-bond acceptors (Lipinski definition) is 6. The molecule has 0 unspecified atom stereocenters. The molecule has 0 saturated carbocycles. The van der Waals surface area contributed by atoms with Gasteiger partial charge in [-0.25, -0.2) is 15.0 Å². The topological polar surface area (TPSA) is 69.2 Å². The van der Waals surface area contributed by atoms with Crippen LogP contribution in [0.4, 0.5) is 19.0 Å². The lowest BCUT2D eigenvalue weighted by Gasteiger charge is -2.19. The van der Waals surface area contributed by atoms with E-state index in [1.165, 1.54) is 20.3 Å². The SMILES string of the molecule is CCC(CC)Nc1nc(C)c(-c2ccc(C(F)(F)F)nc2OC)nc1OC. The number of rotatable bonds is 7. The van der Waals surface area contributed by atoms with Crippen molar-refractivity contribution in [3.63, 3.8) is 0 Å². The largest absolute Gasteiger partial charge is 0.480 e. The summed E-state index contributed by atoms with van der Waals surface area (Å²) in [5.41, 5.74) is 0.139. The lowest BCUT2D eigenvalue weighted by Crippen LogP contribution is -2.19. The zero-order chi connectivity index (χ0) is 20.2. The van der Waals surface area contributed by atoms with E-state index >= 15 is 0 Å². The monoisotopic (exact) mass is 384 g/mol. The summed E-state index contributed by atoms with van der Waals surface area (Å²) in [6.07, 6.45) is -2.76. The first kappa shape index (κ1) is 20.7. The van der Waals surface area contributed by atoms with Gasteiger partial charge in [0.2, 0.25) is 5.88 Å². The molecule has 2 aromatic rings. The second-order valence-corrected chi connectivity index (χ2v) is 5.92. The quantitative estimate of drug-likeness (QED) is 0.759. The summed E-state index contributed by atoms with van der Waals surface area (Å²) in [4.78, 5) is 12.5. The van der Waals surface area contributed by atoms with Crippen LogP contribution >= 0.6 is 0 Å². The molecule has 0 bridgehead atoms. The fourth-order valence-corrected chi connectivity index (χ4v) is 2.62. The van der Waals surface area contributed by atoms with Crippen LogP contribution in [0.2, 0.25) is 0 Å². The molecule has 0 spiro atoms. The van der Waals surface area contributed by atoms with Gasteiger partial charge in [-0.05, 0) is 31.9 Å². The van der Waals surface area contributed by atoms with Crippen molar-refractivity contribution in [2.45, 2.75) is 45.8 Å². The van der Waals surface area contributed by atoms with Crippen molar-refractivity contribution < 1.29 is 22.6 Å². The Hall–Kier alpha value is -2.58. The Balaban J connectivity index is 2.53. The highest BCUT2D eigenvalue weighted by atomic mass is 19.4. The van der Waals surface area contributed by atoms with Crippen LogP contribution in [0, 0.1) is 6.92 Å². The first-order valence-electron chi connectivity index (χ1n) is 8.56. The number of alkyl halides is 3. The van der Waals surface area contributed by atoms with Crippen LogP contribution in [0.15, 0.2) is 12.1 Å². The standard InChI is InChI=1S/C18H23F3N4O2/c1-6-11(7-2)23-15-17(27-5)25-14(10(3)22-15)12-8-9-13(18(19,20)21)24-16(12)26-4/h8-9,11H,6-7H2,1-5H3,(H,22,23). The number of hydrogen-bond donors (Lipinski definition) is 1. The van der Waals surface area contributed by atoms with Crippen molar-refractivity contribution in [2.75, 3.05) is 19.5 Å². The minimum Gasteiger partial charge on any atom is -0.480 e. The predicted octanol–water partition coefficient (Wildman–Crippen LogP) is 4.48. The smallest absolute Gasteiger partial charge is 0.433 e. The molecule has 0 amide bonds. The molecular weight excluding hydrogens is 361 g/mol. The number of ether oxygens (including phenoxy) is 2. The zero-order valence-electron chi connectivity index (χ0n) is 15.9. The molecular formula is C18H23F3N4O2. The lowest BCUT2D eigenvalue weighted by molar-refractivity contribution is -0.141. The normalized spacial score (nSPS) is 11.6.